The van der Waals surface area contributed by atoms with Gasteiger partial charge < -0.3 is 5.32 Å². The van der Waals surface area contributed by atoms with Gasteiger partial charge in [0.25, 0.3) is 15.9 Å². The smallest absolute Gasteiger partial charge is 0.264 e. The molecular weight excluding hydrogens is 460 g/mol. The quantitative estimate of drug-likeness (QED) is 0.440. The number of carbonyl (C=O) groups is 1. The minimum atomic E-state index is -3.95. The van der Waals surface area contributed by atoms with Gasteiger partial charge in [-0.05, 0) is 55.3 Å². The van der Waals surface area contributed by atoms with E-state index in [1.807, 2.05) is 4.68 Å². The molecular formula is C24H25ClN4O3S. The van der Waals surface area contributed by atoms with E-state index in [1.54, 1.807) is 48.7 Å². The van der Waals surface area contributed by atoms with Crippen molar-refractivity contribution in [3.63, 3.8) is 0 Å². The number of sulfonamides is 1. The highest BCUT2D eigenvalue weighted by molar-refractivity contribution is 7.92. The van der Waals surface area contributed by atoms with Crippen LogP contribution in [0.15, 0.2) is 78.3 Å². The van der Waals surface area contributed by atoms with Crippen molar-refractivity contribution in [1.29, 1.82) is 0 Å². The molecule has 0 aliphatic heterocycles. The average Bonchev–Trinajstić information content (AvgIpc) is 3.50. The molecule has 1 heterocycles. The summed E-state index contributed by atoms with van der Waals surface area (Å²) in [6.45, 7) is 3.74. The van der Waals surface area contributed by atoms with Crippen LogP contribution in [0.1, 0.15) is 42.1 Å². The molecule has 172 valence electrons. The lowest BCUT2D eigenvalue weighted by atomic mass is 10.2. The molecule has 9 heteroatoms. The van der Waals surface area contributed by atoms with Gasteiger partial charge in [-0.3, -0.25) is 9.10 Å². The van der Waals surface area contributed by atoms with Crippen molar-refractivity contribution in [2.75, 3.05) is 16.2 Å². The second-order valence-electron chi connectivity index (χ2n) is 7.88. The Morgan fingerprint density at radius 3 is 2.61 bits per heavy atom. The van der Waals surface area contributed by atoms with Crippen LogP contribution in [-0.2, 0) is 10.0 Å². The van der Waals surface area contributed by atoms with E-state index in [-0.39, 0.29) is 23.0 Å². The monoisotopic (exact) mass is 484 g/mol. The molecule has 0 unspecified atom stereocenters. The van der Waals surface area contributed by atoms with E-state index in [9.17, 15) is 13.2 Å². The SMILES string of the molecule is C=CCN(c1ccc(Cl)cc1)S(=O)(=O)c1cccc(C(=O)Nc2ccnn2C2CCCC2)c1. The van der Waals surface area contributed by atoms with Crippen molar-refractivity contribution in [3.05, 3.63) is 84.0 Å². The molecule has 0 atom stereocenters. The number of aromatic nitrogens is 2. The molecule has 7 nitrogen and oxygen atoms in total. The van der Waals surface area contributed by atoms with Crippen LogP contribution in [-0.4, -0.2) is 30.7 Å². The summed E-state index contributed by atoms with van der Waals surface area (Å²) in [5.74, 6) is 0.211. The van der Waals surface area contributed by atoms with Crippen molar-refractivity contribution in [3.8, 4) is 0 Å². The van der Waals surface area contributed by atoms with Crippen LogP contribution in [0.2, 0.25) is 5.02 Å². The van der Waals surface area contributed by atoms with Gasteiger partial charge in [-0.1, -0.05) is 36.6 Å². The highest BCUT2D eigenvalue weighted by atomic mass is 35.5. The normalized spacial score (nSPS) is 14.2. The van der Waals surface area contributed by atoms with Crippen LogP contribution in [0.5, 0.6) is 0 Å². The van der Waals surface area contributed by atoms with Crippen molar-refractivity contribution < 1.29 is 13.2 Å². The van der Waals surface area contributed by atoms with Crippen molar-refractivity contribution in [2.24, 2.45) is 0 Å². The largest absolute Gasteiger partial charge is 0.307 e. The summed E-state index contributed by atoms with van der Waals surface area (Å²) >= 11 is 5.95. The minimum absolute atomic E-state index is 0.0104. The van der Waals surface area contributed by atoms with E-state index >= 15 is 0 Å². The maximum Gasteiger partial charge on any atom is 0.264 e. The lowest BCUT2D eigenvalue weighted by Gasteiger charge is -2.23. The van der Waals surface area contributed by atoms with E-state index in [1.165, 1.54) is 22.5 Å². The number of benzene rings is 2. The fraction of sp³-hybridized carbons (Fsp3) is 0.250. The highest BCUT2D eigenvalue weighted by Crippen LogP contribution is 2.31. The van der Waals surface area contributed by atoms with Crippen molar-refractivity contribution in [2.45, 2.75) is 36.6 Å². The third kappa shape index (κ3) is 4.96. The number of hydrogen-bond donors (Lipinski definition) is 1. The van der Waals surface area contributed by atoms with E-state index in [2.05, 4.69) is 17.0 Å². The zero-order valence-electron chi connectivity index (χ0n) is 18.0. The molecule has 0 saturated heterocycles. The van der Waals surface area contributed by atoms with Crippen LogP contribution in [0.3, 0.4) is 0 Å². The first-order valence-corrected chi connectivity index (χ1v) is 12.6. The summed E-state index contributed by atoms with van der Waals surface area (Å²) in [6, 6.07) is 14.5. The Morgan fingerprint density at radius 2 is 1.91 bits per heavy atom. The Labute approximate surface area is 198 Å². The molecule has 1 N–H and O–H groups in total. The average molecular weight is 485 g/mol. The summed E-state index contributed by atoms with van der Waals surface area (Å²) in [6.07, 6.45) is 7.52. The fourth-order valence-electron chi connectivity index (χ4n) is 4.03. The molecule has 0 bridgehead atoms. The Bertz CT molecular complexity index is 1250. The predicted molar refractivity (Wildman–Crippen MR) is 130 cm³/mol. The van der Waals surface area contributed by atoms with Crippen molar-refractivity contribution in [1.82, 2.24) is 9.78 Å². The van der Waals surface area contributed by atoms with Gasteiger partial charge in [0.05, 0.1) is 29.4 Å². The second-order valence-corrected chi connectivity index (χ2v) is 10.2. The molecule has 3 aromatic rings. The molecule has 1 fully saturated rings. The number of halogens is 1. The highest BCUT2D eigenvalue weighted by Gasteiger charge is 2.26. The van der Waals surface area contributed by atoms with Gasteiger partial charge in [0, 0.05) is 16.7 Å². The van der Waals surface area contributed by atoms with E-state index < -0.39 is 15.9 Å². The maximum atomic E-state index is 13.4. The lowest BCUT2D eigenvalue weighted by Crippen LogP contribution is -2.31. The second kappa shape index (κ2) is 9.80. The van der Waals surface area contributed by atoms with Gasteiger partial charge in [0.2, 0.25) is 0 Å². The van der Waals surface area contributed by atoms with Crippen LogP contribution in [0.25, 0.3) is 0 Å². The number of nitrogens with zero attached hydrogens (tertiary/aromatic N) is 3. The number of anilines is 2. The third-order valence-corrected chi connectivity index (χ3v) is 7.72. The lowest BCUT2D eigenvalue weighted by molar-refractivity contribution is 0.102. The Hall–Kier alpha value is -3.10. The first-order chi connectivity index (χ1) is 15.9. The fourth-order valence-corrected chi connectivity index (χ4v) is 5.64. The number of rotatable bonds is 8. The predicted octanol–water partition coefficient (Wildman–Crippen LogP) is 5.29. The number of nitrogens with one attached hydrogen (secondary N) is 1. The van der Waals surface area contributed by atoms with E-state index in [0.29, 0.717) is 16.5 Å². The number of amides is 1. The molecule has 1 amide bonds. The van der Waals surface area contributed by atoms with Gasteiger partial charge in [-0.25, -0.2) is 13.1 Å². The summed E-state index contributed by atoms with van der Waals surface area (Å²) < 4.78 is 29.9. The summed E-state index contributed by atoms with van der Waals surface area (Å²) in [4.78, 5) is 13.0. The van der Waals surface area contributed by atoms with Gasteiger partial charge in [-0.15, -0.1) is 6.58 Å². The summed E-state index contributed by atoms with van der Waals surface area (Å²) in [5, 5.41) is 7.75. The molecule has 1 aliphatic carbocycles. The zero-order valence-corrected chi connectivity index (χ0v) is 19.6. The molecule has 33 heavy (non-hydrogen) atoms. The minimum Gasteiger partial charge on any atom is -0.307 e. The van der Waals surface area contributed by atoms with E-state index in [4.69, 9.17) is 11.6 Å². The van der Waals surface area contributed by atoms with Crippen LogP contribution in [0.4, 0.5) is 11.5 Å². The third-order valence-electron chi connectivity index (χ3n) is 5.68. The summed E-state index contributed by atoms with van der Waals surface area (Å²) in [5.41, 5.74) is 0.694. The van der Waals surface area contributed by atoms with Gasteiger partial charge in [0.1, 0.15) is 5.82 Å². The molecule has 2 aromatic carbocycles. The van der Waals surface area contributed by atoms with E-state index in [0.717, 1.165) is 25.7 Å². The molecule has 1 saturated carbocycles. The van der Waals surface area contributed by atoms with Gasteiger partial charge in [0.15, 0.2) is 0 Å². The van der Waals surface area contributed by atoms with Gasteiger partial charge >= 0.3 is 0 Å². The first kappa shape index (κ1) is 23.1. The summed E-state index contributed by atoms with van der Waals surface area (Å²) in [7, 11) is -3.95. The Kier molecular flexibility index (Phi) is 6.85. The van der Waals surface area contributed by atoms with Crippen LogP contribution >= 0.6 is 11.6 Å². The molecule has 1 aliphatic rings. The number of hydrogen-bond acceptors (Lipinski definition) is 4. The topological polar surface area (TPSA) is 84.3 Å². The van der Waals surface area contributed by atoms with Crippen LogP contribution in [0, 0.1) is 0 Å². The molecule has 0 spiro atoms. The Morgan fingerprint density at radius 1 is 1.18 bits per heavy atom. The zero-order chi connectivity index (χ0) is 23.4. The van der Waals surface area contributed by atoms with Gasteiger partial charge in [-0.2, -0.15) is 5.10 Å². The van der Waals surface area contributed by atoms with Crippen LogP contribution < -0.4 is 9.62 Å². The molecule has 1 aromatic heterocycles. The standard InChI is InChI=1S/C24H25ClN4O3S/c1-2-16-28(20-12-10-19(25)11-13-20)33(31,32)22-9-5-6-18(17-22)24(30)27-23-14-15-26-29(23)21-7-3-4-8-21/h2,5-6,9-15,17,21H,1,3-4,7-8,16H2,(H,27,30). The number of carbonyl (C=O) groups excluding carboxylic acids is 1. The maximum absolute atomic E-state index is 13.4. The van der Waals surface area contributed by atoms with Crippen molar-refractivity contribution >= 4 is 39.0 Å². The molecule has 0 radical (unpaired) electrons. The first-order valence-electron chi connectivity index (χ1n) is 10.7. The molecule has 4 rings (SSSR count). The Balaban J connectivity index is 1.60.